The van der Waals surface area contributed by atoms with E-state index in [4.69, 9.17) is 18.9 Å². The lowest BCUT2D eigenvalue weighted by Crippen LogP contribution is -2.71. The molecule has 0 aromatic carbocycles. The fraction of sp³-hybridized carbons (Fsp3) is 0.844. The van der Waals surface area contributed by atoms with Crippen molar-refractivity contribution in [2.24, 2.45) is 57.7 Å². The van der Waals surface area contributed by atoms with Gasteiger partial charge in [-0.05, 0) is 68.3 Å². The maximum absolute atomic E-state index is 13.0. The SMILES string of the molecule is CC(=O)O[C@H]1CC2C(C3[C@@H](O)C4C([C@H](C)C=C5OC(=O)[C@@](C)(O)[C@@]54C)[C@]31C)[C@@H](O)[C@@H](O)C1C[C@@H]3O[C@@H]3[C@H](OC(C)=O)[C@]21C. The van der Waals surface area contributed by atoms with Gasteiger partial charge in [0.2, 0.25) is 0 Å². The number of esters is 3. The third kappa shape index (κ3) is 3.36. The van der Waals surface area contributed by atoms with Crippen molar-refractivity contribution in [1.82, 2.24) is 0 Å². The van der Waals surface area contributed by atoms with Crippen LogP contribution in [0.3, 0.4) is 0 Å². The summed E-state index contributed by atoms with van der Waals surface area (Å²) in [5, 5.41) is 47.9. The summed E-state index contributed by atoms with van der Waals surface area (Å²) in [6.45, 7) is 11.7. The van der Waals surface area contributed by atoms with E-state index >= 15 is 0 Å². The Kier molecular flexibility index (Phi) is 6.07. The molecular formula is C32H44O11. The lowest BCUT2D eigenvalue weighted by molar-refractivity contribution is -0.266. The molecule has 4 saturated carbocycles. The molecule has 238 valence electrons. The molecule has 2 aliphatic heterocycles. The van der Waals surface area contributed by atoms with E-state index in [9.17, 15) is 34.8 Å². The average molecular weight is 605 g/mol. The van der Waals surface area contributed by atoms with Crippen LogP contribution in [-0.4, -0.2) is 86.7 Å². The normalized spacial score (nSPS) is 59.2. The van der Waals surface area contributed by atoms with Crippen LogP contribution in [0, 0.1) is 57.7 Å². The third-order valence-electron chi connectivity index (χ3n) is 13.7. The van der Waals surface area contributed by atoms with Crippen LogP contribution in [0.2, 0.25) is 0 Å². The van der Waals surface area contributed by atoms with Crippen molar-refractivity contribution in [2.75, 3.05) is 0 Å². The van der Waals surface area contributed by atoms with Gasteiger partial charge in [0.25, 0.3) is 0 Å². The number of epoxide rings is 1. The van der Waals surface area contributed by atoms with Gasteiger partial charge in [-0.25, -0.2) is 4.79 Å². The molecular weight excluding hydrogens is 560 g/mol. The Morgan fingerprint density at radius 1 is 0.884 bits per heavy atom. The summed E-state index contributed by atoms with van der Waals surface area (Å²) in [6, 6.07) is 0. The van der Waals surface area contributed by atoms with E-state index in [0.29, 0.717) is 18.6 Å². The highest BCUT2D eigenvalue weighted by molar-refractivity contribution is 5.85. The second kappa shape index (κ2) is 8.81. The van der Waals surface area contributed by atoms with Crippen molar-refractivity contribution in [3.8, 4) is 0 Å². The third-order valence-corrected chi connectivity index (χ3v) is 13.7. The quantitative estimate of drug-likeness (QED) is 0.202. The maximum Gasteiger partial charge on any atom is 0.343 e. The molecule has 5 aliphatic carbocycles. The molecule has 0 amide bonds. The Balaban J connectivity index is 1.42. The number of hydrogen-bond acceptors (Lipinski definition) is 11. The lowest BCUT2D eigenvalue weighted by Gasteiger charge is -2.65. The number of carbonyl (C=O) groups excluding carboxylic acids is 3. The number of fused-ring (bicyclic) bond motifs is 10. The number of aliphatic hydroxyl groups excluding tert-OH is 3. The van der Waals surface area contributed by atoms with Crippen LogP contribution in [0.5, 0.6) is 0 Å². The summed E-state index contributed by atoms with van der Waals surface area (Å²) >= 11 is 0. The first-order valence-electron chi connectivity index (χ1n) is 15.6. The van der Waals surface area contributed by atoms with Gasteiger partial charge in [0.1, 0.15) is 24.1 Å². The maximum atomic E-state index is 13.0. The van der Waals surface area contributed by atoms with Crippen LogP contribution >= 0.6 is 0 Å². The molecule has 4 N–H and O–H groups in total. The largest absolute Gasteiger partial charge is 0.462 e. The zero-order valence-electron chi connectivity index (χ0n) is 25.7. The first-order chi connectivity index (χ1) is 19.9. The summed E-state index contributed by atoms with van der Waals surface area (Å²) in [5.74, 6) is -5.03. The zero-order chi connectivity index (χ0) is 31.3. The highest BCUT2D eigenvalue weighted by Gasteiger charge is 2.80. The predicted molar refractivity (Wildman–Crippen MR) is 146 cm³/mol. The minimum atomic E-state index is -1.94. The summed E-state index contributed by atoms with van der Waals surface area (Å²) in [5.41, 5.74) is -5.01. The predicted octanol–water partition coefficient (Wildman–Crippen LogP) is 1.09. The first kappa shape index (κ1) is 29.6. The molecule has 0 aromatic heterocycles. The minimum absolute atomic E-state index is 0.189. The van der Waals surface area contributed by atoms with Crippen molar-refractivity contribution in [3.63, 3.8) is 0 Å². The van der Waals surface area contributed by atoms with Gasteiger partial charge in [-0.15, -0.1) is 0 Å². The minimum Gasteiger partial charge on any atom is -0.462 e. The number of allylic oxidation sites excluding steroid dienone is 1. The number of aliphatic hydroxyl groups is 4. The summed E-state index contributed by atoms with van der Waals surface area (Å²) in [4.78, 5) is 38.0. The van der Waals surface area contributed by atoms with E-state index < -0.39 is 99.9 Å². The Morgan fingerprint density at radius 2 is 1.53 bits per heavy atom. The number of carbonyl (C=O) groups is 3. The lowest BCUT2D eigenvalue weighted by atomic mass is 9.41. The topological polar surface area (TPSA) is 172 Å². The van der Waals surface area contributed by atoms with Gasteiger partial charge in [0.15, 0.2) is 5.60 Å². The molecule has 0 aromatic rings. The highest BCUT2D eigenvalue weighted by atomic mass is 16.6. The van der Waals surface area contributed by atoms with Gasteiger partial charge in [-0.1, -0.05) is 20.8 Å². The molecule has 2 saturated heterocycles. The molecule has 43 heavy (non-hydrogen) atoms. The van der Waals surface area contributed by atoms with Crippen molar-refractivity contribution < 1.29 is 53.8 Å². The molecule has 6 unspecified atom stereocenters. The summed E-state index contributed by atoms with van der Waals surface area (Å²) < 4.78 is 23.6. The van der Waals surface area contributed by atoms with Crippen LogP contribution in [0.1, 0.15) is 61.3 Å². The second-order valence-electron chi connectivity index (χ2n) is 15.4. The van der Waals surface area contributed by atoms with Gasteiger partial charge in [0, 0.05) is 30.6 Å². The summed E-state index contributed by atoms with van der Waals surface area (Å²) in [7, 11) is 0. The molecule has 2 heterocycles. The Hall–Kier alpha value is -2.05. The Morgan fingerprint density at radius 3 is 2.16 bits per heavy atom. The molecule has 11 heteroatoms. The molecule has 0 radical (unpaired) electrons. The van der Waals surface area contributed by atoms with E-state index in [2.05, 4.69) is 0 Å². The zero-order valence-corrected chi connectivity index (χ0v) is 25.7. The van der Waals surface area contributed by atoms with Gasteiger partial charge in [-0.3, -0.25) is 9.59 Å². The van der Waals surface area contributed by atoms with Crippen LogP contribution in [0.4, 0.5) is 0 Å². The standard InChI is InChI=1S/C32H44O11/c1-11-8-18-31(6,32(7,39)28(38)43-18)22-20(11)30(5)17(40-12(2)33)10-14-19(21(30)25(22)37)24(36)23(35)15-9-16-26(42-16)27(29(14,15)4)41-13(3)34/h8,11,14-17,19-27,35-37,39H,9-10H2,1-7H3/t11-,14?,15?,16+,17+,19?,20?,21?,22?,23+,24-,25-,26+,27+,29-,30-,31+,32-/m1/s1. The number of rotatable bonds is 2. The Bertz CT molecular complexity index is 1310. The molecule has 7 aliphatic rings. The smallest absolute Gasteiger partial charge is 0.343 e. The van der Waals surface area contributed by atoms with Crippen molar-refractivity contribution in [2.45, 2.75) is 110 Å². The fourth-order valence-corrected chi connectivity index (χ4v) is 11.8. The van der Waals surface area contributed by atoms with Gasteiger partial charge in [-0.2, -0.15) is 0 Å². The van der Waals surface area contributed by atoms with E-state index in [0.717, 1.165) is 0 Å². The second-order valence-corrected chi connectivity index (χ2v) is 15.4. The number of ether oxygens (including phenoxy) is 4. The molecule has 6 fully saturated rings. The molecule has 7 rings (SSSR count). The fourth-order valence-electron chi connectivity index (χ4n) is 11.8. The molecule has 0 bridgehead atoms. The van der Waals surface area contributed by atoms with E-state index in [1.165, 1.54) is 20.8 Å². The highest BCUT2D eigenvalue weighted by Crippen LogP contribution is 2.75. The van der Waals surface area contributed by atoms with Gasteiger partial charge >= 0.3 is 17.9 Å². The van der Waals surface area contributed by atoms with Crippen LogP contribution in [0.15, 0.2) is 11.8 Å². The van der Waals surface area contributed by atoms with Crippen LogP contribution in [0.25, 0.3) is 0 Å². The average Bonchev–Trinajstić information content (AvgIpc) is 3.60. The van der Waals surface area contributed by atoms with E-state index in [1.807, 2.05) is 26.8 Å². The van der Waals surface area contributed by atoms with Crippen LogP contribution in [-0.2, 0) is 33.3 Å². The molecule has 11 nitrogen and oxygen atoms in total. The molecule has 18 atom stereocenters. The Labute approximate surface area is 250 Å². The van der Waals surface area contributed by atoms with Crippen molar-refractivity contribution in [3.05, 3.63) is 11.8 Å². The van der Waals surface area contributed by atoms with Gasteiger partial charge in [0.05, 0.1) is 29.8 Å². The van der Waals surface area contributed by atoms with Gasteiger partial charge < -0.3 is 39.4 Å². The van der Waals surface area contributed by atoms with Crippen molar-refractivity contribution in [1.29, 1.82) is 0 Å². The van der Waals surface area contributed by atoms with E-state index in [-0.39, 0.29) is 24.0 Å². The van der Waals surface area contributed by atoms with Crippen molar-refractivity contribution >= 4 is 17.9 Å². The van der Waals surface area contributed by atoms with Crippen LogP contribution < -0.4 is 0 Å². The summed E-state index contributed by atoms with van der Waals surface area (Å²) in [6.07, 6.45) is -2.88. The number of hydrogen-bond donors (Lipinski definition) is 4. The van der Waals surface area contributed by atoms with E-state index in [1.54, 1.807) is 6.92 Å². The first-order valence-corrected chi connectivity index (χ1v) is 15.6. The molecule has 0 spiro atoms. The monoisotopic (exact) mass is 604 g/mol.